The molecule has 1 amide bonds. The number of para-hydroxylation sites is 2. The molecule has 40 heavy (non-hydrogen) atoms. The van der Waals surface area contributed by atoms with Crippen molar-refractivity contribution in [3.05, 3.63) is 84.9 Å². The van der Waals surface area contributed by atoms with Gasteiger partial charge in [-0.2, -0.15) is 8.61 Å². The molecule has 10 nitrogen and oxygen atoms in total. The van der Waals surface area contributed by atoms with Crippen molar-refractivity contribution in [3.63, 3.8) is 0 Å². The first-order valence-corrected chi connectivity index (χ1v) is 15.9. The standard InChI is InChI=1S/C28H32N4O6S2/c1-38-27-15-9-8-14-25(27)29-16-18-30(19-17-29)28(33)26-22-31(39(34,35)23-10-4-2-5-11-23)20-21-32(26)40(36,37)24-12-6-3-7-13-24/h2-15,26H,16-22H2,1H3/t26-/m1/s1. The maximum Gasteiger partial charge on any atom is 0.243 e. The molecule has 0 aromatic heterocycles. The summed E-state index contributed by atoms with van der Waals surface area (Å²) in [5, 5.41) is 0. The first kappa shape index (κ1) is 28.1. The van der Waals surface area contributed by atoms with Crippen molar-refractivity contribution in [1.29, 1.82) is 0 Å². The van der Waals surface area contributed by atoms with Crippen LogP contribution in [0.15, 0.2) is 94.7 Å². The van der Waals surface area contributed by atoms with Crippen LogP contribution in [0.3, 0.4) is 0 Å². The van der Waals surface area contributed by atoms with Crippen LogP contribution < -0.4 is 9.64 Å². The molecule has 2 aliphatic rings. The zero-order valence-electron chi connectivity index (χ0n) is 22.2. The van der Waals surface area contributed by atoms with Gasteiger partial charge in [0.1, 0.15) is 11.8 Å². The van der Waals surface area contributed by atoms with Gasteiger partial charge in [0.2, 0.25) is 26.0 Å². The predicted octanol–water partition coefficient (Wildman–Crippen LogP) is 2.11. The summed E-state index contributed by atoms with van der Waals surface area (Å²) in [4.78, 5) is 17.9. The normalized spacial score (nSPS) is 19.4. The van der Waals surface area contributed by atoms with Crippen molar-refractivity contribution in [2.45, 2.75) is 15.8 Å². The van der Waals surface area contributed by atoms with Crippen LogP contribution in [0, 0.1) is 0 Å². The van der Waals surface area contributed by atoms with E-state index in [1.54, 1.807) is 48.4 Å². The number of piperazine rings is 2. The summed E-state index contributed by atoms with van der Waals surface area (Å²) in [5.74, 6) is 0.323. The van der Waals surface area contributed by atoms with E-state index in [0.29, 0.717) is 26.2 Å². The SMILES string of the molecule is COc1ccccc1N1CCN(C(=O)[C@H]2CN(S(=O)(=O)c3ccccc3)CCN2S(=O)(=O)c2ccccc2)CC1. The van der Waals surface area contributed by atoms with E-state index in [9.17, 15) is 21.6 Å². The molecule has 0 bridgehead atoms. The summed E-state index contributed by atoms with van der Waals surface area (Å²) >= 11 is 0. The van der Waals surface area contributed by atoms with Crippen LogP contribution in [-0.2, 0) is 24.8 Å². The zero-order chi connectivity index (χ0) is 28.3. The second-order valence-corrected chi connectivity index (χ2v) is 13.4. The number of ether oxygens (including phenoxy) is 1. The van der Waals surface area contributed by atoms with Gasteiger partial charge in [-0.1, -0.05) is 48.5 Å². The van der Waals surface area contributed by atoms with Crippen LogP contribution in [-0.4, -0.2) is 95.2 Å². The second-order valence-electron chi connectivity index (χ2n) is 9.60. The van der Waals surface area contributed by atoms with Crippen LogP contribution >= 0.6 is 0 Å². The van der Waals surface area contributed by atoms with Crippen molar-refractivity contribution in [2.24, 2.45) is 0 Å². The molecule has 212 valence electrons. The number of benzene rings is 3. The molecule has 12 heteroatoms. The van der Waals surface area contributed by atoms with E-state index in [1.807, 2.05) is 24.3 Å². The minimum Gasteiger partial charge on any atom is -0.495 e. The third-order valence-corrected chi connectivity index (χ3v) is 11.1. The molecule has 0 aliphatic carbocycles. The van der Waals surface area contributed by atoms with Gasteiger partial charge >= 0.3 is 0 Å². The molecular formula is C28H32N4O6S2. The lowest BCUT2D eigenvalue weighted by atomic mass is 10.1. The van der Waals surface area contributed by atoms with Crippen molar-refractivity contribution in [1.82, 2.24) is 13.5 Å². The summed E-state index contributed by atoms with van der Waals surface area (Å²) in [6.07, 6.45) is 0. The smallest absolute Gasteiger partial charge is 0.243 e. The number of hydrogen-bond acceptors (Lipinski definition) is 7. The van der Waals surface area contributed by atoms with Gasteiger partial charge in [-0.3, -0.25) is 4.79 Å². The molecule has 3 aromatic rings. The molecule has 0 saturated carbocycles. The van der Waals surface area contributed by atoms with Crippen molar-refractivity contribution >= 4 is 31.6 Å². The van der Waals surface area contributed by atoms with Gasteiger partial charge in [0.15, 0.2) is 0 Å². The Labute approximate surface area is 235 Å². The third-order valence-electron chi connectivity index (χ3n) is 7.33. The van der Waals surface area contributed by atoms with Crippen molar-refractivity contribution in [2.75, 3.05) is 57.8 Å². The third kappa shape index (κ3) is 5.44. The molecule has 0 N–H and O–H groups in total. The average Bonchev–Trinajstić information content (AvgIpc) is 3.01. The first-order chi connectivity index (χ1) is 19.2. The van der Waals surface area contributed by atoms with Gasteiger partial charge in [-0.15, -0.1) is 0 Å². The monoisotopic (exact) mass is 584 g/mol. The minimum absolute atomic E-state index is 0.0609. The van der Waals surface area contributed by atoms with E-state index in [-0.39, 0.29) is 29.4 Å². The number of carbonyl (C=O) groups excluding carboxylic acids is 1. The minimum atomic E-state index is -4.05. The number of rotatable bonds is 7. The fraction of sp³-hybridized carbons (Fsp3) is 0.321. The number of anilines is 1. The summed E-state index contributed by atoms with van der Waals surface area (Å²) in [6.45, 7) is 1.30. The number of amides is 1. The summed E-state index contributed by atoms with van der Waals surface area (Å²) < 4.78 is 62.1. The highest BCUT2D eigenvalue weighted by Crippen LogP contribution is 2.30. The van der Waals surface area contributed by atoms with Gasteiger partial charge in [-0.05, 0) is 36.4 Å². The lowest BCUT2D eigenvalue weighted by molar-refractivity contribution is -0.136. The Bertz CT molecular complexity index is 1540. The molecule has 2 saturated heterocycles. The second kappa shape index (κ2) is 11.6. The fourth-order valence-corrected chi connectivity index (χ4v) is 8.23. The number of sulfonamides is 2. The van der Waals surface area contributed by atoms with Crippen LogP contribution in [0.4, 0.5) is 5.69 Å². The Kier molecular flexibility index (Phi) is 8.13. The van der Waals surface area contributed by atoms with Gasteiger partial charge < -0.3 is 14.5 Å². The largest absolute Gasteiger partial charge is 0.495 e. The lowest BCUT2D eigenvalue weighted by Gasteiger charge is -2.43. The van der Waals surface area contributed by atoms with Crippen molar-refractivity contribution < 1.29 is 26.4 Å². The number of hydrogen-bond donors (Lipinski definition) is 0. The first-order valence-electron chi connectivity index (χ1n) is 13.0. The molecule has 3 aromatic carbocycles. The maximum absolute atomic E-state index is 14.0. The number of methoxy groups -OCH3 is 1. The van der Waals surface area contributed by atoms with Crippen LogP contribution in [0.25, 0.3) is 0 Å². The Morgan fingerprint density at radius 1 is 0.700 bits per heavy atom. The maximum atomic E-state index is 14.0. The molecule has 2 heterocycles. The zero-order valence-corrected chi connectivity index (χ0v) is 23.8. The fourth-order valence-electron chi connectivity index (χ4n) is 5.19. The Morgan fingerprint density at radius 3 is 1.85 bits per heavy atom. The van der Waals surface area contributed by atoms with E-state index in [1.165, 1.54) is 28.6 Å². The van der Waals surface area contributed by atoms with E-state index in [4.69, 9.17) is 4.74 Å². The quantitative estimate of drug-likeness (QED) is 0.419. The molecule has 0 unspecified atom stereocenters. The van der Waals surface area contributed by atoms with Crippen molar-refractivity contribution in [3.8, 4) is 5.75 Å². The van der Waals surface area contributed by atoms with E-state index >= 15 is 0 Å². The van der Waals surface area contributed by atoms with E-state index < -0.39 is 32.0 Å². The highest BCUT2D eigenvalue weighted by molar-refractivity contribution is 7.89. The summed E-state index contributed by atoms with van der Waals surface area (Å²) in [7, 11) is -6.37. The van der Waals surface area contributed by atoms with E-state index in [0.717, 1.165) is 15.7 Å². The number of carbonyl (C=O) groups is 1. The molecule has 5 rings (SSSR count). The molecule has 1 atom stereocenters. The predicted molar refractivity (Wildman–Crippen MR) is 151 cm³/mol. The van der Waals surface area contributed by atoms with Gasteiger partial charge in [0, 0.05) is 45.8 Å². The highest BCUT2D eigenvalue weighted by atomic mass is 32.2. The Morgan fingerprint density at radius 2 is 1.25 bits per heavy atom. The highest BCUT2D eigenvalue weighted by Gasteiger charge is 2.45. The van der Waals surface area contributed by atoms with Crippen LogP contribution in [0.1, 0.15) is 0 Å². The lowest BCUT2D eigenvalue weighted by Crippen LogP contribution is -2.63. The van der Waals surface area contributed by atoms with Gasteiger partial charge in [-0.25, -0.2) is 16.8 Å². The molecule has 0 radical (unpaired) electrons. The molecule has 0 spiro atoms. The molecule has 2 aliphatic heterocycles. The van der Waals surface area contributed by atoms with Crippen LogP contribution in [0.5, 0.6) is 5.75 Å². The summed E-state index contributed by atoms with van der Waals surface area (Å²) in [5.41, 5.74) is 0.920. The number of nitrogens with zero attached hydrogens (tertiary/aromatic N) is 4. The Balaban J connectivity index is 1.41. The molecular weight excluding hydrogens is 552 g/mol. The summed E-state index contributed by atoms with van der Waals surface area (Å²) in [6, 6.07) is 22.4. The topological polar surface area (TPSA) is 108 Å². The molecule has 2 fully saturated rings. The van der Waals surface area contributed by atoms with E-state index in [2.05, 4.69) is 4.90 Å². The van der Waals surface area contributed by atoms with Gasteiger partial charge in [0.05, 0.1) is 22.6 Å². The van der Waals surface area contributed by atoms with Gasteiger partial charge in [0.25, 0.3) is 0 Å². The van der Waals surface area contributed by atoms with Crippen LogP contribution in [0.2, 0.25) is 0 Å². The average molecular weight is 585 g/mol. The Hall–Kier alpha value is -3.45.